The molecule has 3 nitrogen and oxygen atoms in total. The van der Waals surface area contributed by atoms with E-state index in [0.29, 0.717) is 6.04 Å². The molecule has 0 bridgehead atoms. The molecule has 2 aliphatic rings. The van der Waals surface area contributed by atoms with E-state index in [4.69, 9.17) is 0 Å². The molecule has 1 atom stereocenters. The highest BCUT2D eigenvalue weighted by atomic mass is 16.3. The first-order valence-electron chi connectivity index (χ1n) is 9.28. The molecule has 2 aliphatic carbocycles. The third kappa shape index (κ3) is 5.54. The molecule has 21 heavy (non-hydrogen) atoms. The molecule has 0 radical (unpaired) electrons. The Hall–Kier alpha value is -0.120. The van der Waals surface area contributed by atoms with Gasteiger partial charge in [0.2, 0.25) is 0 Å². The zero-order valence-electron chi connectivity index (χ0n) is 14.2. The predicted octanol–water partition coefficient (Wildman–Crippen LogP) is 3.31. The van der Waals surface area contributed by atoms with E-state index >= 15 is 0 Å². The van der Waals surface area contributed by atoms with Crippen molar-refractivity contribution in [3.8, 4) is 0 Å². The SMILES string of the molecule is CCC(CO)(CCCN(C)C1CCCCCC1)NC1CC1. The van der Waals surface area contributed by atoms with Crippen LogP contribution in [0.1, 0.15) is 77.6 Å². The Kier molecular flexibility index (Phi) is 6.97. The maximum Gasteiger partial charge on any atom is 0.0613 e. The van der Waals surface area contributed by atoms with Gasteiger partial charge in [-0.1, -0.05) is 32.6 Å². The number of nitrogens with one attached hydrogen (secondary N) is 1. The summed E-state index contributed by atoms with van der Waals surface area (Å²) >= 11 is 0. The fourth-order valence-electron chi connectivity index (χ4n) is 3.80. The summed E-state index contributed by atoms with van der Waals surface area (Å²) in [5.74, 6) is 0. The molecular weight excluding hydrogens is 260 g/mol. The Bertz CT molecular complexity index is 279. The van der Waals surface area contributed by atoms with Crippen molar-refractivity contribution in [2.24, 2.45) is 0 Å². The van der Waals surface area contributed by atoms with E-state index in [1.54, 1.807) is 0 Å². The van der Waals surface area contributed by atoms with Gasteiger partial charge in [-0.15, -0.1) is 0 Å². The van der Waals surface area contributed by atoms with Crippen molar-refractivity contribution < 1.29 is 5.11 Å². The highest BCUT2D eigenvalue weighted by Gasteiger charge is 2.34. The molecule has 3 heteroatoms. The predicted molar refractivity (Wildman–Crippen MR) is 89.6 cm³/mol. The molecule has 0 heterocycles. The van der Waals surface area contributed by atoms with Crippen LogP contribution in [-0.4, -0.2) is 47.8 Å². The monoisotopic (exact) mass is 296 g/mol. The van der Waals surface area contributed by atoms with E-state index < -0.39 is 0 Å². The van der Waals surface area contributed by atoms with Crippen molar-refractivity contribution in [2.45, 2.75) is 95.2 Å². The van der Waals surface area contributed by atoms with Crippen LogP contribution in [0.2, 0.25) is 0 Å². The summed E-state index contributed by atoms with van der Waals surface area (Å²) in [6.45, 7) is 3.67. The maximum absolute atomic E-state index is 9.83. The second-order valence-electron chi connectivity index (χ2n) is 7.44. The first kappa shape index (κ1) is 17.2. The van der Waals surface area contributed by atoms with Gasteiger partial charge in [-0.05, 0) is 58.5 Å². The lowest BCUT2D eigenvalue weighted by Gasteiger charge is -2.34. The summed E-state index contributed by atoms with van der Waals surface area (Å²) in [4.78, 5) is 2.58. The van der Waals surface area contributed by atoms with Crippen LogP contribution in [0.3, 0.4) is 0 Å². The maximum atomic E-state index is 9.83. The number of hydrogen-bond acceptors (Lipinski definition) is 3. The normalized spacial score (nSPS) is 24.0. The van der Waals surface area contributed by atoms with Gasteiger partial charge in [0.15, 0.2) is 0 Å². The zero-order chi connectivity index (χ0) is 15.1. The van der Waals surface area contributed by atoms with Gasteiger partial charge in [0.1, 0.15) is 0 Å². The fraction of sp³-hybridized carbons (Fsp3) is 1.00. The van der Waals surface area contributed by atoms with Crippen LogP contribution in [0.4, 0.5) is 0 Å². The largest absolute Gasteiger partial charge is 0.394 e. The van der Waals surface area contributed by atoms with Crippen LogP contribution in [0, 0.1) is 0 Å². The standard InChI is InChI=1S/C18H36N2O/c1-3-18(15-21,19-16-11-12-16)13-8-14-20(2)17-9-6-4-5-7-10-17/h16-17,19,21H,3-15H2,1-2H3. The average Bonchev–Trinajstić information content (AvgIpc) is 3.32. The van der Waals surface area contributed by atoms with E-state index in [2.05, 4.69) is 24.2 Å². The summed E-state index contributed by atoms with van der Waals surface area (Å²) in [7, 11) is 2.30. The van der Waals surface area contributed by atoms with Crippen molar-refractivity contribution in [3.05, 3.63) is 0 Å². The van der Waals surface area contributed by atoms with Gasteiger partial charge < -0.3 is 15.3 Å². The molecule has 2 rings (SSSR count). The second kappa shape index (κ2) is 8.50. The van der Waals surface area contributed by atoms with Crippen LogP contribution in [0.15, 0.2) is 0 Å². The van der Waals surface area contributed by atoms with E-state index in [0.717, 1.165) is 18.9 Å². The number of hydrogen-bond donors (Lipinski definition) is 2. The quantitative estimate of drug-likeness (QED) is 0.641. The third-order valence-electron chi connectivity index (χ3n) is 5.68. The zero-order valence-corrected chi connectivity index (χ0v) is 14.2. The molecule has 2 N–H and O–H groups in total. The second-order valence-corrected chi connectivity index (χ2v) is 7.44. The van der Waals surface area contributed by atoms with E-state index in [1.165, 1.54) is 64.3 Å². The van der Waals surface area contributed by atoms with Gasteiger partial charge >= 0.3 is 0 Å². The van der Waals surface area contributed by atoms with E-state index in [9.17, 15) is 5.11 Å². The lowest BCUT2D eigenvalue weighted by molar-refractivity contribution is 0.133. The van der Waals surface area contributed by atoms with Gasteiger partial charge in [-0.3, -0.25) is 0 Å². The molecule has 124 valence electrons. The number of aliphatic hydroxyl groups is 1. The first-order chi connectivity index (χ1) is 10.2. The molecule has 0 spiro atoms. The Labute approximate surface area is 131 Å². The summed E-state index contributed by atoms with van der Waals surface area (Å²) in [5.41, 5.74) is -0.0224. The molecule has 0 aliphatic heterocycles. The minimum absolute atomic E-state index is 0.0224. The highest BCUT2D eigenvalue weighted by molar-refractivity contribution is 4.94. The van der Waals surface area contributed by atoms with Crippen LogP contribution in [0.5, 0.6) is 0 Å². The molecule has 0 aromatic rings. The molecule has 1 unspecified atom stereocenters. The summed E-state index contributed by atoms with van der Waals surface area (Å²) in [6, 6.07) is 1.48. The van der Waals surface area contributed by atoms with E-state index in [-0.39, 0.29) is 12.1 Å². The Morgan fingerprint density at radius 2 is 1.76 bits per heavy atom. The minimum Gasteiger partial charge on any atom is -0.394 e. The number of aliphatic hydroxyl groups excluding tert-OH is 1. The first-order valence-corrected chi connectivity index (χ1v) is 9.28. The summed E-state index contributed by atoms with van der Waals surface area (Å²) < 4.78 is 0. The van der Waals surface area contributed by atoms with Gasteiger partial charge in [-0.2, -0.15) is 0 Å². The number of rotatable bonds is 9. The van der Waals surface area contributed by atoms with Crippen molar-refractivity contribution in [3.63, 3.8) is 0 Å². The van der Waals surface area contributed by atoms with Gasteiger partial charge in [0.25, 0.3) is 0 Å². The topological polar surface area (TPSA) is 35.5 Å². The molecule has 2 saturated carbocycles. The Morgan fingerprint density at radius 3 is 2.29 bits per heavy atom. The van der Waals surface area contributed by atoms with Crippen molar-refractivity contribution in [1.29, 1.82) is 0 Å². The molecule has 2 fully saturated rings. The molecule has 0 aromatic heterocycles. The lowest BCUT2D eigenvalue weighted by Crippen LogP contribution is -2.49. The van der Waals surface area contributed by atoms with Crippen LogP contribution in [0.25, 0.3) is 0 Å². The lowest BCUT2D eigenvalue weighted by atomic mass is 9.90. The highest BCUT2D eigenvalue weighted by Crippen LogP contribution is 2.27. The average molecular weight is 296 g/mol. The molecule has 0 amide bonds. The number of nitrogens with zero attached hydrogens (tertiary/aromatic N) is 1. The summed E-state index contributed by atoms with van der Waals surface area (Å²) in [5, 5.41) is 13.5. The Morgan fingerprint density at radius 1 is 1.10 bits per heavy atom. The van der Waals surface area contributed by atoms with Crippen LogP contribution in [-0.2, 0) is 0 Å². The Balaban J connectivity index is 1.72. The molecule has 0 aromatic carbocycles. The molecule has 0 saturated heterocycles. The van der Waals surface area contributed by atoms with Gasteiger partial charge in [0.05, 0.1) is 6.61 Å². The fourth-order valence-corrected chi connectivity index (χ4v) is 3.80. The minimum atomic E-state index is -0.0224. The van der Waals surface area contributed by atoms with Gasteiger partial charge in [0, 0.05) is 17.6 Å². The third-order valence-corrected chi connectivity index (χ3v) is 5.68. The van der Waals surface area contributed by atoms with Gasteiger partial charge in [-0.25, -0.2) is 0 Å². The molecular formula is C18H36N2O. The smallest absolute Gasteiger partial charge is 0.0613 e. The van der Waals surface area contributed by atoms with Crippen LogP contribution >= 0.6 is 0 Å². The van der Waals surface area contributed by atoms with Crippen molar-refractivity contribution >= 4 is 0 Å². The van der Waals surface area contributed by atoms with E-state index in [1.807, 2.05) is 0 Å². The van der Waals surface area contributed by atoms with Crippen LogP contribution < -0.4 is 5.32 Å². The summed E-state index contributed by atoms with van der Waals surface area (Å²) in [6.07, 6.45) is 14.4. The van der Waals surface area contributed by atoms with Crippen molar-refractivity contribution in [1.82, 2.24) is 10.2 Å². The van der Waals surface area contributed by atoms with Crippen molar-refractivity contribution in [2.75, 3.05) is 20.2 Å².